The third-order valence-corrected chi connectivity index (χ3v) is 4.61. The van der Waals surface area contributed by atoms with E-state index in [-0.39, 0.29) is 10.9 Å². The topological polar surface area (TPSA) is 64.0 Å². The van der Waals surface area contributed by atoms with Crippen molar-refractivity contribution in [2.75, 3.05) is 11.6 Å². The van der Waals surface area contributed by atoms with Crippen LogP contribution in [0.2, 0.25) is 5.02 Å². The highest BCUT2D eigenvalue weighted by Crippen LogP contribution is 2.25. The Morgan fingerprint density at radius 2 is 2.10 bits per heavy atom. The molecule has 0 unspecified atom stereocenters. The Kier molecular flexibility index (Phi) is 4.58. The second kappa shape index (κ2) is 6.07. The zero-order chi connectivity index (χ0) is 15.6. The molecule has 1 aromatic heterocycles. The number of sulfone groups is 1. The van der Waals surface area contributed by atoms with Crippen LogP contribution in [-0.4, -0.2) is 24.5 Å². The molecular weight excluding hydrogens is 310 g/mol. The van der Waals surface area contributed by atoms with Crippen LogP contribution in [0.5, 0.6) is 0 Å². The molecule has 114 valence electrons. The Bertz CT molecular complexity index is 738. The first-order valence-corrected chi connectivity index (χ1v) is 8.81. The maximum absolute atomic E-state index is 11.8. The zero-order valence-electron chi connectivity index (χ0n) is 12.2. The van der Waals surface area contributed by atoms with Crippen molar-refractivity contribution in [1.29, 1.82) is 0 Å². The summed E-state index contributed by atoms with van der Waals surface area (Å²) < 4.78 is 25.4. The Labute approximate surface area is 129 Å². The summed E-state index contributed by atoms with van der Waals surface area (Å²) in [6, 6.07) is 5.16. The number of hydrogen-bond acceptors (Lipinski definition) is 4. The van der Waals surface area contributed by atoms with Gasteiger partial charge in [0.05, 0.1) is 16.8 Å². The van der Waals surface area contributed by atoms with Gasteiger partial charge in [-0.15, -0.1) is 0 Å². The summed E-state index contributed by atoms with van der Waals surface area (Å²) in [7, 11) is -3.31. The van der Waals surface area contributed by atoms with Gasteiger partial charge in [-0.25, -0.2) is 8.42 Å². The van der Waals surface area contributed by atoms with Gasteiger partial charge in [-0.1, -0.05) is 17.7 Å². The highest BCUT2D eigenvalue weighted by molar-refractivity contribution is 7.90. The molecule has 0 aliphatic carbocycles. The van der Waals surface area contributed by atoms with Crippen LogP contribution in [0.4, 0.5) is 5.69 Å². The fraction of sp³-hybridized carbons (Fsp3) is 0.357. The average Bonchev–Trinajstić information content (AvgIpc) is 2.85. The highest BCUT2D eigenvalue weighted by atomic mass is 35.5. The molecule has 0 saturated carbocycles. The molecule has 0 bridgehead atoms. The summed E-state index contributed by atoms with van der Waals surface area (Å²) >= 11 is 6.13. The van der Waals surface area contributed by atoms with Gasteiger partial charge in [0.2, 0.25) is 0 Å². The van der Waals surface area contributed by atoms with Gasteiger partial charge >= 0.3 is 0 Å². The minimum absolute atomic E-state index is 0.249. The molecule has 2 rings (SSSR count). The van der Waals surface area contributed by atoms with Crippen molar-refractivity contribution >= 4 is 27.1 Å². The van der Waals surface area contributed by atoms with E-state index in [4.69, 9.17) is 11.6 Å². The lowest BCUT2D eigenvalue weighted by molar-refractivity contribution is 0.532. The number of hydrogen-bond donors (Lipinski definition) is 1. The fourth-order valence-electron chi connectivity index (χ4n) is 1.96. The SMILES string of the molecule is CC(C)n1cc(NCc2c(Cl)cccc2S(C)(=O)=O)cn1. The lowest BCUT2D eigenvalue weighted by Gasteiger charge is -2.11. The van der Waals surface area contributed by atoms with Gasteiger partial charge < -0.3 is 5.32 Å². The second-order valence-electron chi connectivity index (χ2n) is 5.15. The molecule has 1 aromatic carbocycles. The van der Waals surface area contributed by atoms with Crippen molar-refractivity contribution in [3.63, 3.8) is 0 Å². The van der Waals surface area contributed by atoms with E-state index in [1.54, 1.807) is 24.4 Å². The van der Waals surface area contributed by atoms with Gasteiger partial charge in [0, 0.05) is 35.6 Å². The van der Waals surface area contributed by atoms with E-state index in [1.165, 1.54) is 6.26 Å². The molecule has 2 aromatic rings. The average molecular weight is 328 g/mol. The van der Waals surface area contributed by atoms with Crippen LogP contribution in [0.1, 0.15) is 25.5 Å². The molecule has 0 atom stereocenters. The molecule has 0 aliphatic heterocycles. The third kappa shape index (κ3) is 3.77. The molecule has 0 aliphatic rings. The van der Waals surface area contributed by atoms with E-state index in [2.05, 4.69) is 10.4 Å². The third-order valence-electron chi connectivity index (χ3n) is 3.08. The van der Waals surface area contributed by atoms with Gasteiger partial charge in [0.25, 0.3) is 0 Å². The van der Waals surface area contributed by atoms with Crippen molar-refractivity contribution in [2.24, 2.45) is 0 Å². The number of nitrogens with one attached hydrogen (secondary N) is 1. The molecule has 1 N–H and O–H groups in total. The quantitative estimate of drug-likeness (QED) is 0.916. The predicted octanol–water partition coefficient (Wildman–Crippen LogP) is 3.13. The van der Waals surface area contributed by atoms with Crippen LogP contribution < -0.4 is 5.32 Å². The molecule has 0 fully saturated rings. The predicted molar refractivity (Wildman–Crippen MR) is 84.5 cm³/mol. The van der Waals surface area contributed by atoms with Crippen LogP contribution in [0, 0.1) is 0 Å². The largest absolute Gasteiger partial charge is 0.378 e. The normalized spacial score (nSPS) is 11.9. The van der Waals surface area contributed by atoms with E-state index >= 15 is 0 Å². The number of aromatic nitrogens is 2. The van der Waals surface area contributed by atoms with Crippen molar-refractivity contribution in [3.05, 3.63) is 41.2 Å². The highest BCUT2D eigenvalue weighted by Gasteiger charge is 2.15. The van der Waals surface area contributed by atoms with E-state index in [0.29, 0.717) is 17.1 Å². The van der Waals surface area contributed by atoms with Crippen molar-refractivity contribution in [2.45, 2.75) is 31.3 Å². The lowest BCUT2D eigenvalue weighted by atomic mass is 10.2. The van der Waals surface area contributed by atoms with E-state index in [0.717, 1.165) is 5.69 Å². The first-order chi connectivity index (χ1) is 9.79. The summed E-state index contributed by atoms with van der Waals surface area (Å²) in [6.07, 6.45) is 4.76. The smallest absolute Gasteiger partial charge is 0.175 e. The van der Waals surface area contributed by atoms with E-state index in [1.807, 2.05) is 24.7 Å². The molecule has 0 amide bonds. The van der Waals surface area contributed by atoms with Crippen molar-refractivity contribution in [3.8, 4) is 0 Å². The maximum atomic E-state index is 11.8. The molecule has 21 heavy (non-hydrogen) atoms. The Morgan fingerprint density at radius 3 is 2.67 bits per heavy atom. The number of halogens is 1. The number of anilines is 1. The van der Waals surface area contributed by atoms with Crippen LogP contribution in [-0.2, 0) is 16.4 Å². The molecule has 1 heterocycles. The Hall–Kier alpha value is -1.53. The molecule has 0 saturated heterocycles. The summed E-state index contributed by atoms with van der Waals surface area (Å²) in [6.45, 7) is 4.39. The molecule has 0 radical (unpaired) electrons. The van der Waals surface area contributed by atoms with Gasteiger partial charge in [-0.2, -0.15) is 5.10 Å². The summed E-state index contributed by atoms with van der Waals surface area (Å²) in [4.78, 5) is 0.249. The van der Waals surface area contributed by atoms with Gasteiger partial charge in [0.15, 0.2) is 9.84 Å². The second-order valence-corrected chi connectivity index (χ2v) is 7.54. The minimum atomic E-state index is -3.31. The number of rotatable bonds is 5. The standard InChI is InChI=1S/C14H18ClN3O2S/c1-10(2)18-9-11(7-17-18)16-8-12-13(15)5-4-6-14(12)21(3,19)20/h4-7,9-10,16H,8H2,1-3H3. The molecular formula is C14H18ClN3O2S. The van der Waals surface area contributed by atoms with Gasteiger partial charge in [-0.05, 0) is 26.0 Å². The van der Waals surface area contributed by atoms with Crippen LogP contribution >= 0.6 is 11.6 Å². The zero-order valence-corrected chi connectivity index (χ0v) is 13.7. The summed E-state index contributed by atoms with van der Waals surface area (Å²) in [5.41, 5.74) is 1.39. The van der Waals surface area contributed by atoms with Crippen molar-refractivity contribution in [1.82, 2.24) is 9.78 Å². The van der Waals surface area contributed by atoms with Crippen LogP contribution in [0.15, 0.2) is 35.5 Å². The molecule has 7 heteroatoms. The first-order valence-electron chi connectivity index (χ1n) is 6.54. The molecule has 5 nitrogen and oxygen atoms in total. The number of nitrogens with zero attached hydrogens (tertiary/aromatic N) is 2. The number of benzene rings is 1. The van der Waals surface area contributed by atoms with E-state index < -0.39 is 9.84 Å². The van der Waals surface area contributed by atoms with Gasteiger partial charge in [-0.3, -0.25) is 4.68 Å². The summed E-state index contributed by atoms with van der Waals surface area (Å²) in [5, 5.41) is 7.81. The fourth-order valence-corrected chi connectivity index (χ4v) is 3.21. The first kappa shape index (κ1) is 15.9. The summed E-state index contributed by atoms with van der Waals surface area (Å²) in [5.74, 6) is 0. The van der Waals surface area contributed by atoms with Crippen LogP contribution in [0.3, 0.4) is 0 Å². The Morgan fingerprint density at radius 1 is 1.38 bits per heavy atom. The van der Waals surface area contributed by atoms with Crippen molar-refractivity contribution < 1.29 is 8.42 Å². The minimum Gasteiger partial charge on any atom is -0.378 e. The Balaban J connectivity index is 2.23. The van der Waals surface area contributed by atoms with Crippen LogP contribution in [0.25, 0.3) is 0 Å². The lowest BCUT2D eigenvalue weighted by Crippen LogP contribution is -2.07. The monoisotopic (exact) mass is 327 g/mol. The van der Waals surface area contributed by atoms with Gasteiger partial charge in [0.1, 0.15) is 0 Å². The van der Waals surface area contributed by atoms with E-state index in [9.17, 15) is 8.42 Å². The molecule has 0 spiro atoms. The maximum Gasteiger partial charge on any atom is 0.175 e.